The Hall–Kier alpha value is -1.56. The lowest BCUT2D eigenvalue weighted by atomic mass is 9.59. The Morgan fingerprint density at radius 1 is 0.340 bits per heavy atom. The van der Waals surface area contributed by atoms with Gasteiger partial charge in [0.2, 0.25) is 0 Å². The third kappa shape index (κ3) is 8.61. The summed E-state index contributed by atoms with van der Waals surface area (Å²) in [5.74, 6) is 0.271. The highest BCUT2D eigenvalue weighted by Gasteiger charge is 2.43. The van der Waals surface area contributed by atoms with Crippen LogP contribution in [-0.2, 0) is 43.3 Å². The molecule has 0 saturated heterocycles. The molecule has 0 aliphatic heterocycles. The average molecular weight is 645 g/mol. The lowest BCUT2D eigenvalue weighted by Crippen LogP contribution is -2.35. The highest BCUT2D eigenvalue weighted by molar-refractivity contribution is 5.63. The predicted molar refractivity (Wildman–Crippen MR) is 215 cm³/mol. The molecule has 0 bridgehead atoms. The van der Waals surface area contributed by atoms with Crippen LogP contribution >= 0.6 is 0 Å². The first kappa shape index (κ1) is 41.6. The highest BCUT2D eigenvalue weighted by atomic mass is 14.5. The Morgan fingerprint density at radius 3 is 0.851 bits per heavy atom. The first-order chi connectivity index (χ1) is 20.4. The van der Waals surface area contributed by atoms with E-state index < -0.39 is 0 Å². The molecule has 2 aromatic rings. The standard InChI is InChI=1S/C47H80/c1-26-29(30-27-31(40(2,3)4)38(46(20,21)22)39(47(23,24)25)35(30)43(11,12)13)34-36(44(14,15)16)32(41(5,6)7)28-33(42(8,9)10)37(34)45(17,18)19/h27-29H,26H2,1-25H3. The van der Waals surface area contributed by atoms with Crippen molar-refractivity contribution in [3.63, 3.8) is 0 Å². The summed E-state index contributed by atoms with van der Waals surface area (Å²) in [5.41, 5.74) is 15.6. The number of hydrogen-bond acceptors (Lipinski definition) is 0. The normalized spacial score (nSPS) is 15.3. The Kier molecular flexibility index (Phi) is 10.9. The molecule has 0 fully saturated rings. The molecule has 0 aromatic heterocycles. The van der Waals surface area contributed by atoms with Gasteiger partial charge in [-0.05, 0) is 105 Å². The van der Waals surface area contributed by atoms with E-state index in [0.29, 0.717) is 0 Å². The zero-order chi connectivity index (χ0) is 37.5. The van der Waals surface area contributed by atoms with Crippen molar-refractivity contribution in [2.45, 2.75) is 229 Å². The SMILES string of the molecule is CCC(c1cc(C(C)(C)C)c(C(C)(C)C)c(C(C)(C)C)c1C(C)(C)C)c1c(C(C)(C)C)c(C(C)(C)C)cc(C(C)(C)C)c1C(C)(C)C. The molecule has 0 radical (unpaired) electrons. The molecule has 0 heterocycles. The molecule has 0 nitrogen and oxygen atoms in total. The minimum atomic E-state index is -0.0277. The van der Waals surface area contributed by atoms with E-state index in [4.69, 9.17) is 0 Å². The highest BCUT2D eigenvalue weighted by Crippen LogP contribution is 2.54. The molecule has 2 aromatic carbocycles. The van der Waals surface area contributed by atoms with E-state index in [1.54, 1.807) is 38.9 Å². The fraction of sp³-hybridized carbons (Fsp3) is 0.745. The Balaban J connectivity index is 3.70. The van der Waals surface area contributed by atoms with Crippen molar-refractivity contribution >= 4 is 0 Å². The second-order valence-electron chi connectivity index (χ2n) is 23.2. The summed E-state index contributed by atoms with van der Waals surface area (Å²) in [5, 5.41) is 0. The van der Waals surface area contributed by atoms with Gasteiger partial charge in [0.1, 0.15) is 0 Å². The van der Waals surface area contributed by atoms with Gasteiger partial charge < -0.3 is 0 Å². The fourth-order valence-electron chi connectivity index (χ4n) is 8.34. The molecule has 47 heavy (non-hydrogen) atoms. The quantitative estimate of drug-likeness (QED) is 0.312. The van der Waals surface area contributed by atoms with E-state index in [1.807, 2.05) is 0 Å². The molecule has 1 atom stereocenters. The summed E-state index contributed by atoms with van der Waals surface area (Å²) >= 11 is 0. The van der Waals surface area contributed by atoms with E-state index in [2.05, 4.69) is 185 Å². The van der Waals surface area contributed by atoms with Gasteiger partial charge in [-0.1, -0.05) is 185 Å². The molecule has 0 amide bonds. The zero-order valence-electron chi connectivity index (χ0n) is 36.4. The van der Waals surface area contributed by atoms with Gasteiger partial charge in [-0.2, -0.15) is 0 Å². The van der Waals surface area contributed by atoms with Crippen LogP contribution < -0.4 is 0 Å². The van der Waals surface area contributed by atoms with E-state index in [-0.39, 0.29) is 49.2 Å². The summed E-state index contributed by atoms with van der Waals surface area (Å²) in [6.07, 6.45) is 1.06. The molecule has 2 rings (SSSR count). The van der Waals surface area contributed by atoms with Crippen LogP contribution in [0.5, 0.6) is 0 Å². The van der Waals surface area contributed by atoms with Gasteiger partial charge in [-0.3, -0.25) is 0 Å². The van der Waals surface area contributed by atoms with E-state index in [0.717, 1.165) is 6.42 Å². The Morgan fingerprint density at radius 2 is 0.617 bits per heavy atom. The molecule has 0 aliphatic carbocycles. The molecule has 0 spiro atoms. The van der Waals surface area contributed by atoms with E-state index >= 15 is 0 Å². The number of hydrogen-bond donors (Lipinski definition) is 0. The minimum Gasteiger partial charge on any atom is -0.0645 e. The summed E-state index contributed by atoms with van der Waals surface area (Å²) in [6, 6.07) is 5.34. The van der Waals surface area contributed by atoms with Gasteiger partial charge in [0.05, 0.1) is 0 Å². The molecule has 0 N–H and O–H groups in total. The van der Waals surface area contributed by atoms with Crippen molar-refractivity contribution in [2.24, 2.45) is 0 Å². The van der Waals surface area contributed by atoms with Crippen LogP contribution in [0.25, 0.3) is 0 Å². The summed E-state index contributed by atoms with van der Waals surface area (Å²) in [6.45, 7) is 61.2. The Labute approximate surface area is 295 Å². The van der Waals surface area contributed by atoms with Crippen LogP contribution in [-0.4, -0.2) is 0 Å². The molecular formula is C47H80. The second-order valence-corrected chi connectivity index (χ2v) is 23.2. The van der Waals surface area contributed by atoms with Crippen molar-refractivity contribution in [1.29, 1.82) is 0 Å². The molecule has 268 valence electrons. The largest absolute Gasteiger partial charge is 0.0645 e. The van der Waals surface area contributed by atoms with E-state index in [1.165, 1.54) is 16.7 Å². The van der Waals surface area contributed by atoms with Gasteiger partial charge >= 0.3 is 0 Å². The van der Waals surface area contributed by atoms with Crippen LogP contribution in [0.1, 0.15) is 241 Å². The van der Waals surface area contributed by atoms with Crippen molar-refractivity contribution in [3.8, 4) is 0 Å². The number of benzene rings is 2. The maximum atomic E-state index is 2.71. The fourth-order valence-corrected chi connectivity index (χ4v) is 8.34. The van der Waals surface area contributed by atoms with Gasteiger partial charge in [-0.25, -0.2) is 0 Å². The first-order valence-corrected chi connectivity index (χ1v) is 18.8. The van der Waals surface area contributed by atoms with Gasteiger partial charge in [0.25, 0.3) is 0 Å². The summed E-state index contributed by atoms with van der Waals surface area (Å²) in [4.78, 5) is 0. The molecule has 0 heteroatoms. The summed E-state index contributed by atoms with van der Waals surface area (Å²) in [7, 11) is 0. The number of rotatable bonds is 3. The van der Waals surface area contributed by atoms with Gasteiger partial charge in [0.15, 0.2) is 0 Å². The van der Waals surface area contributed by atoms with Crippen LogP contribution in [0.2, 0.25) is 0 Å². The maximum Gasteiger partial charge on any atom is 0.00959 e. The van der Waals surface area contributed by atoms with Gasteiger partial charge in [0, 0.05) is 5.92 Å². The average Bonchev–Trinajstić information content (AvgIpc) is 2.77. The zero-order valence-corrected chi connectivity index (χ0v) is 36.4. The second kappa shape index (κ2) is 12.3. The van der Waals surface area contributed by atoms with Crippen molar-refractivity contribution in [1.82, 2.24) is 0 Å². The lowest BCUT2D eigenvalue weighted by molar-refractivity contribution is 0.466. The van der Waals surface area contributed by atoms with Crippen molar-refractivity contribution in [2.75, 3.05) is 0 Å². The monoisotopic (exact) mass is 645 g/mol. The topological polar surface area (TPSA) is 0 Å². The van der Waals surface area contributed by atoms with Crippen LogP contribution in [0.3, 0.4) is 0 Å². The van der Waals surface area contributed by atoms with Crippen molar-refractivity contribution < 1.29 is 0 Å². The first-order valence-electron chi connectivity index (χ1n) is 18.8. The predicted octanol–water partition coefficient (Wildman–Crippen LogP) is 14.6. The van der Waals surface area contributed by atoms with E-state index in [9.17, 15) is 0 Å². The van der Waals surface area contributed by atoms with Gasteiger partial charge in [-0.15, -0.1) is 0 Å². The smallest absolute Gasteiger partial charge is 0.00959 e. The summed E-state index contributed by atoms with van der Waals surface area (Å²) < 4.78 is 0. The lowest BCUT2D eigenvalue weighted by Gasteiger charge is -2.45. The maximum absolute atomic E-state index is 2.71. The van der Waals surface area contributed by atoms with Crippen LogP contribution in [0.4, 0.5) is 0 Å². The van der Waals surface area contributed by atoms with Crippen LogP contribution in [0.15, 0.2) is 12.1 Å². The van der Waals surface area contributed by atoms with Crippen molar-refractivity contribution in [3.05, 3.63) is 67.8 Å². The third-order valence-corrected chi connectivity index (χ3v) is 10.0. The Bertz CT molecular complexity index is 1380. The molecular weight excluding hydrogens is 565 g/mol. The minimum absolute atomic E-state index is 0.00953. The van der Waals surface area contributed by atoms with Crippen LogP contribution in [0, 0.1) is 0 Å². The molecule has 0 saturated carbocycles. The third-order valence-electron chi connectivity index (χ3n) is 10.0. The molecule has 1 unspecified atom stereocenters. The molecule has 0 aliphatic rings.